The van der Waals surface area contributed by atoms with Gasteiger partial charge in [-0.1, -0.05) is 13.3 Å². The number of hydrogen-bond donors (Lipinski definition) is 1. The zero-order chi connectivity index (χ0) is 17.1. The molecule has 0 spiro atoms. The number of unbranched alkanes of at least 4 members (excludes halogenated alkanes) is 1. The van der Waals surface area contributed by atoms with Gasteiger partial charge >= 0.3 is 5.97 Å². The molecule has 7 nitrogen and oxygen atoms in total. The summed E-state index contributed by atoms with van der Waals surface area (Å²) in [6.07, 6.45) is 6.32. The lowest BCUT2D eigenvalue weighted by Crippen LogP contribution is -2.10. The minimum atomic E-state index is -0.654. The van der Waals surface area contributed by atoms with Crippen molar-refractivity contribution >= 4 is 27.6 Å². The number of hydrogen-bond acceptors (Lipinski definition) is 8. The van der Waals surface area contributed by atoms with Crippen molar-refractivity contribution in [1.29, 1.82) is 0 Å². The molecule has 0 aliphatic carbocycles. The highest BCUT2D eigenvalue weighted by atomic mass is 32.1. The Morgan fingerprint density at radius 2 is 2.21 bits per heavy atom. The van der Waals surface area contributed by atoms with Crippen LogP contribution in [0, 0.1) is 6.92 Å². The van der Waals surface area contributed by atoms with Crippen molar-refractivity contribution in [3.63, 3.8) is 0 Å². The van der Waals surface area contributed by atoms with E-state index in [-0.39, 0.29) is 18.1 Å². The average Bonchev–Trinajstić information content (AvgIpc) is 2.98. The van der Waals surface area contributed by atoms with Crippen LogP contribution in [0.2, 0.25) is 0 Å². The molecular weight excluding hydrogens is 328 g/mol. The van der Waals surface area contributed by atoms with E-state index < -0.39 is 5.97 Å². The second-order valence-corrected chi connectivity index (χ2v) is 5.98. The van der Waals surface area contributed by atoms with Gasteiger partial charge in [0.2, 0.25) is 0 Å². The fourth-order valence-electron chi connectivity index (χ4n) is 2.26. The SMILES string of the molecule is CCCCOC(=O)c1nc(-c2cnccn2)c2snc(C)c2c1O. The van der Waals surface area contributed by atoms with Gasteiger partial charge in [-0.05, 0) is 24.9 Å². The largest absolute Gasteiger partial charge is 0.505 e. The van der Waals surface area contributed by atoms with Crippen LogP contribution in [0.25, 0.3) is 21.5 Å². The normalized spacial score (nSPS) is 10.9. The minimum absolute atomic E-state index is 0.123. The maximum absolute atomic E-state index is 12.3. The Hall–Kier alpha value is -2.61. The van der Waals surface area contributed by atoms with Crippen molar-refractivity contribution in [3.8, 4) is 17.1 Å². The quantitative estimate of drug-likeness (QED) is 0.561. The molecule has 0 radical (unpaired) electrons. The highest BCUT2D eigenvalue weighted by molar-refractivity contribution is 7.14. The Morgan fingerprint density at radius 1 is 1.38 bits per heavy atom. The molecule has 3 aromatic rings. The lowest BCUT2D eigenvalue weighted by molar-refractivity contribution is 0.0490. The van der Waals surface area contributed by atoms with Crippen LogP contribution in [0.5, 0.6) is 5.75 Å². The molecule has 0 amide bonds. The van der Waals surface area contributed by atoms with Gasteiger partial charge in [-0.3, -0.25) is 9.97 Å². The molecular formula is C16H16N4O3S. The molecule has 0 saturated carbocycles. The van der Waals surface area contributed by atoms with Gasteiger partial charge in [0, 0.05) is 12.4 Å². The summed E-state index contributed by atoms with van der Waals surface area (Å²) in [4.78, 5) is 24.9. The highest BCUT2D eigenvalue weighted by Gasteiger charge is 2.24. The van der Waals surface area contributed by atoms with Crippen LogP contribution in [0.3, 0.4) is 0 Å². The first-order valence-electron chi connectivity index (χ1n) is 7.56. The molecule has 124 valence electrons. The van der Waals surface area contributed by atoms with E-state index in [1.807, 2.05) is 6.92 Å². The van der Waals surface area contributed by atoms with Crippen LogP contribution in [0.1, 0.15) is 35.9 Å². The van der Waals surface area contributed by atoms with E-state index in [0.717, 1.165) is 12.8 Å². The number of fused-ring (bicyclic) bond motifs is 1. The maximum atomic E-state index is 12.3. The molecule has 0 aliphatic rings. The second kappa shape index (κ2) is 6.88. The van der Waals surface area contributed by atoms with Gasteiger partial charge in [-0.2, -0.15) is 4.37 Å². The molecule has 0 aromatic carbocycles. The number of carbonyl (C=O) groups excluding carboxylic acids is 1. The maximum Gasteiger partial charge on any atom is 0.360 e. The van der Waals surface area contributed by atoms with Gasteiger partial charge in [-0.15, -0.1) is 0 Å². The molecule has 0 bridgehead atoms. The number of carbonyl (C=O) groups is 1. The molecule has 24 heavy (non-hydrogen) atoms. The van der Waals surface area contributed by atoms with Crippen LogP contribution in [0.4, 0.5) is 0 Å². The highest BCUT2D eigenvalue weighted by Crippen LogP contribution is 2.38. The number of aromatic nitrogens is 4. The average molecular weight is 344 g/mol. The lowest BCUT2D eigenvalue weighted by atomic mass is 10.1. The standard InChI is InChI=1S/C16H16N4O3S/c1-3-4-7-23-16(22)13-14(21)11-9(2)20-24-15(11)12(19-13)10-8-17-5-6-18-10/h5-6,8,21H,3-4,7H2,1-2H3. The van der Waals surface area contributed by atoms with E-state index in [2.05, 4.69) is 19.3 Å². The van der Waals surface area contributed by atoms with Crippen LogP contribution in [-0.2, 0) is 4.74 Å². The summed E-state index contributed by atoms with van der Waals surface area (Å²) >= 11 is 1.20. The molecule has 0 unspecified atom stereocenters. The van der Waals surface area contributed by atoms with Gasteiger partial charge < -0.3 is 9.84 Å². The summed E-state index contributed by atoms with van der Waals surface area (Å²) in [5.74, 6) is -0.857. The zero-order valence-corrected chi connectivity index (χ0v) is 14.1. The van der Waals surface area contributed by atoms with E-state index >= 15 is 0 Å². The van der Waals surface area contributed by atoms with Gasteiger partial charge in [0.25, 0.3) is 0 Å². The van der Waals surface area contributed by atoms with E-state index in [1.54, 1.807) is 25.5 Å². The molecule has 0 saturated heterocycles. The van der Waals surface area contributed by atoms with E-state index in [4.69, 9.17) is 4.74 Å². The number of ether oxygens (including phenoxy) is 1. The van der Waals surface area contributed by atoms with Gasteiger partial charge in [0.1, 0.15) is 11.4 Å². The lowest BCUT2D eigenvalue weighted by Gasteiger charge is -2.09. The number of aryl methyl sites for hydroxylation is 1. The summed E-state index contributed by atoms with van der Waals surface area (Å²) in [6, 6.07) is 0. The van der Waals surface area contributed by atoms with Crippen molar-refractivity contribution in [3.05, 3.63) is 30.0 Å². The number of aromatic hydroxyl groups is 1. The Kier molecular flexibility index (Phi) is 4.66. The van der Waals surface area contributed by atoms with Gasteiger partial charge in [0.05, 0.1) is 28.6 Å². The third-order valence-electron chi connectivity index (χ3n) is 3.49. The third-order valence-corrected chi connectivity index (χ3v) is 4.44. The molecule has 0 aliphatic heterocycles. The molecule has 0 fully saturated rings. The van der Waals surface area contributed by atoms with Crippen LogP contribution in [-0.4, -0.2) is 37.0 Å². The van der Waals surface area contributed by atoms with Crippen LogP contribution in [0.15, 0.2) is 18.6 Å². The Bertz CT molecular complexity index is 880. The summed E-state index contributed by atoms with van der Waals surface area (Å²) in [6.45, 7) is 4.06. The Labute approximate surface area is 142 Å². The molecule has 3 heterocycles. The molecule has 0 atom stereocenters. The fourth-order valence-corrected chi connectivity index (χ4v) is 3.15. The van der Waals surface area contributed by atoms with E-state index in [9.17, 15) is 9.90 Å². The number of esters is 1. The monoisotopic (exact) mass is 344 g/mol. The number of pyridine rings is 1. The smallest absolute Gasteiger partial charge is 0.360 e. The second-order valence-electron chi connectivity index (χ2n) is 5.21. The van der Waals surface area contributed by atoms with Crippen LogP contribution < -0.4 is 0 Å². The summed E-state index contributed by atoms with van der Waals surface area (Å²) in [7, 11) is 0. The predicted octanol–water partition coefficient (Wildman–Crippen LogP) is 3.12. The fraction of sp³-hybridized carbons (Fsp3) is 0.312. The van der Waals surface area contributed by atoms with Crippen molar-refractivity contribution in [2.75, 3.05) is 6.61 Å². The first-order valence-corrected chi connectivity index (χ1v) is 8.33. The van der Waals surface area contributed by atoms with Gasteiger partial charge in [-0.25, -0.2) is 9.78 Å². The van der Waals surface area contributed by atoms with E-state index in [1.165, 1.54) is 11.5 Å². The molecule has 3 rings (SSSR count). The van der Waals surface area contributed by atoms with Crippen molar-refractivity contribution in [2.24, 2.45) is 0 Å². The molecule has 8 heteroatoms. The summed E-state index contributed by atoms with van der Waals surface area (Å²) < 4.78 is 10.1. The van der Waals surface area contributed by atoms with Crippen LogP contribution >= 0.6 is 11.5 Å². The number of rotatable bonds is 5. The third kappa shape index (κ3) is 2.92. The minimum Gasteiger partial charge on any atom is -0.505 e. The van der Waals surface area contributed by atoms with Crippen molar-refractivity contribution in [2.45, 2.75) is 26.7 Å². The van der Waals surface area contributed by atoms with Crippen molar-refractivity contribution in [1.82, 2.24) is 19.3 Å². The topological polar surface area (TPSA) is 98.1 Å². The molecule has 3 aromatic heterocycles. The first kappa shape index (κ1) is 16.3. The Balaban J connectivity index is 2.15. The summed E-state index contributed by atoms with van der Waals surface area (Å²) in [5.41, 5.74) is 1.47. The van der Waals surface area contributed by atoms with Crippen molar-refractivity contribution < 1.29 is 14.6 Å². The zero-order valence-electron chi connectivity index (χ0n) is 13.3. The number of nitrogens with zero attached hydrogens (tertiary/aromatic N) is 4. The van der Waals surface area contributed by atoms with Gasteiger partial charge in [0.15, 0.2) is 11.4 Å². The Morgan fingerprint density at radius 3 is 2.92 bits per heavy atom. The van der Waals surface area contributed by atoms with E-state index in [0.29, 0.717) is 27.2 Å². The summed E-state index contributed by atoms with van der Waals surface area (Å²) in [5, 5.41) is 11.0. The molecule has 1 N–H and O–H groups in total. The first-order chi connectivity index (χ1) is 11.6. The predicted molar refractivity (Wildman–Crippen MR) is 90.0 cm³/mol.